The van der Waals surface area contributed by atoms with Gasteiger partial charge in [0.05, 0.1) is 6.10 Å². The number of urea groups is 1. The molecule has 1 rings (SSSR count). The van der Waals surface area contributed by atoms with Crippen LogP contribution in [0.2, 0.25) is 0 Å². The lowest BCUT2D eigenvalue weighted by atomic mass is 10.0. The number of carbonyl (C=O) groups is 3. The predicted molar refractivity (Wildman–Crippen MR) is 74.5 cm³/mol. The maximum absolute atomic E-state index is 12.4. The van der Waals surface area contributed by atoms with E-state index >= 15 is 0 Å². The van der Waals surface area contributed by atoms with E-state index in [-0.39, 0.29) is 24.5 Å². The average Bonchev–Trinajstić information content (AvgIpc) is 2.42. The Morgan fingerprint density at radius 2 is 1.90 bits per heavy atom. The number of carbonyl (C=O) groups excluding carboxylic acids is 2. The Kier molecular flexibility index (Phi) is 6.41. The number of hydrogen-bond acceptors (Lipinski definition) is 4. The minimum absolute atomic E-state index is 0.0639. The van der Waals surface area contributed by atoms with Crippen molar-refractivity contribution in [2.45, 2.75) is 38.8 Å². The zero-order valence-corrected chi connectivity index (χ0v) is 12.4. The summed E-state index contributed by atoms with van der Waals surface area (Å²) in [5.41, 5.74) is 5.09. The second-order valence-corrected chi connectivity index (χ2v) is 5.46. The summed E-state index contributed by atoms with van der Waals surface area (Å²) in [5.74, 6) is -1.23. The number of carboxylic acids is 1. The van der Waals surface area contributed by atoms with Gasteiger partial charge >= 0.3 is 12.0 Å². The van der Waals surface area contributed by atoms with Crippen molar-refractivity contribution in [1.82, 2.24) is 10.2 Å². The Balaban J connectivity index is 2.49. The topological polar surface area (TPSA) is 122 Å². The molecule has 1 saturated heterocycles. The number of carboxylic acid groups (broad SMARTS) is 1. The second kappa shape index (κ2) is 7.82. The van der Waals surface area contributed by atoms with Gasteiger partial charge in [-0.1, -0.05) is 13.8 Å². The average molecular weight is 301 g/mol. The summed E-state index contributed by atoms with van der Waals surface area (Å²) in [6.07, 6.45) is 1.02. The number of nitrogens with two attached hydrogens (primary N) is 1. The highest BCUT2D eigenvalue weighted by molar-refractivity contribution is 5.86. The summed E-state index contributed by atoms with van der Waals surface area (Å²) in [6.45, 7) is 4.30. The standard InChI is InChI=1S/C13H23N3O5/c1-8(2)11(15-13(14)20)12(19)16-5-3-9(4-6-16)21-7-10(17)18/h8-9,11H,3-7H2,1-2H3,(H,17,18)(H3,14,15,20). The highest BCUT2D eigenvalue weighted by Gasteiger charge is 2.31. The third kappa shape index (κ3) is 5.58. The zero-order chi connectivity index (χ0) is 16.0. The number of likely N-dealkylation sites (tertiary alicyclic amines) is 1. The first-order valence-corrected chi connectivity index (χ1v) is 6.99. The van der Waals surface area contributed by atoms with E-state index in [1.807, 2.05) is 13.8 Å². The second-order valence-electron chi connectivity index (χ2n) is 5.46. The van der Waals surface area contributed by atoms with Crippen LogP contribution in [0, 0.1) is 5.92 Å². The Labute approximate surface area is 123 Å². The molecule has 0 aliphatic carbocycles. The van der Waals surface area contributed by atoms with Crippen LogP contribution in [0.3, 0.4) is 0 Å². The van der Waals surface area contributed by atoms with E-state index < -0.39 is 18.0 Å². The number of amides is 3. The Morgan fingerprint density at radius 1 is 1.33 bits per heavy atom. The molecule has 3 amide bonds. The third-order valence-electron chi connectivity index (χ3n) is 3.43. The molecule has 0 radical (unpaired) electrons. The molecule has 1 heterocycles. The lowest BCUT2D eigenvalue weighted by Crippen LogP contribution is -2.54. The zero-order valence-electron chi connectivity index (χ0n) is 12.4. The normalized spacial score (nSPS) is 17.6. The molecule has 0 aromatic heterocycles. The van der Waals surface area contributed by atoms with Gasteiger partial charge in [0.15, 0.2) is 0 Å². The van der Waals surface area contributed by atoms with Crippen LogP contribution in [0.4, 0.5) is 4.79 Å². The minimum Gasteiger partial charge on any atom is -0.480 e. The van der Waals surface area contributed by atoms with Crippen molar-refractivity contribution < 1.29 is 24.2 Å². The first kappa shape index (κ1) is 17.2. The van der Waals surface area contributed by atoms with Gasteiger partial charge in [-0.15, -0.1) is 0 Å². The number of rotatable bonds is 6. The fourth-order valence-electron chi connectivity index (χ4n) is 2.30. The Morgan fingerprint density at radius 3 is 2.33 bits per heavy atom. The van der Waals surface area contributed by atoms with Crippen molar-refractivity contribution in [3.8, 4) is 0 Å². The SMILES string of the molecule is CC(C)C(NC(N)=O)C(=O)N1CCC(OCC(=O)O)CC1. The predicted octanol–water partition coefficient (Wildman–Crippen LogP) is -0.228. The third-order valence-corrected chi connectivity index (χ3v) is 3.43. The largest absolute Gasteiger partial charge is 0.480 e. The summed E-state index contributed by atoms with van der Waals surface area (Å²) in [7, 11) is 0. The van der Waals surface area contributed by atoms with Gasteiger partial charge in [-0.25, -0.2) is 9.59 Å². The fourth-order valence-corrected chi connectivity index (χ4v) is 2.30. The summed E-state index contributed by atoms with van der Waals surface area (Å²) in [4.78, 5) is 35.4. The monoisotopic (exact) mass is 301 g/mol. The quantitative estimate of drug-likeness (QED) is 0.625. The molecule has 0 bridgehead atoms. The minimum atomic E-state index is -1.00. The Hall–Kier alpha value is -1.83. The number of primary amides is 1. The number of nitrogens with zero attached hydrogens (tertiary/aromatic N) is 1. The van der Waals surface area contributed by atoms with Crippen molar-refractivity contribution >= 4 is 17.9 Å². The summed E-state index contributed by atoms with van der Waals surface area (Å²) < 4.78 is 5.22. The van der Waals surface area contributed by atoms with Gasteiger partial charge in [0, 0.05) is 13.1 Å². The Bertz CT molecular complexity index is 391. The lowest BCUT2D eigenvalue weighted by Gasteiger charge is -2.35. The van der Waals surface area contributed by atoms with Gasteiger partial charge in [0.1, 0.15) is 12.6 Å². The molecule has 1 atom stereocenters. The molecule has 1 aliphatic heterocycles. The van der Waals surface area contributed by atoms with E-state index in [0.717, 1.165) is 0 Å². The summed E-state index contributed by atoms with van der Waals surface area (Å²) in [6, 6.07) is -1.36. The molecule has 4 N–H and O–H groups in total. The van der Waals surface area contributed by atoms with Crippen molar-refractivity contribution in [3.05, 3.63) is 0 Å². The van der Waals surface area contributed by atoms with Crippen LogP contribution in [-0.4, -0.2) is 59.8 Å². The highest BCUT2D eigenvalue weighted by atomic mass is 16.5. The summed E-state index contributed by atoms with van der Waals surface area (Å²) >= 11 is 0. The lowest BCUT2D eigenvalue weighted by molar-refractivity contribution is -0.147. The number of nitrogens with one attached hydrogen (secondary N) is 1. The van der Waals surface area contributed by atoms with E-state index in [4.69, 9.17) is 15.6 Å². The number of hydrogen-bond donors (Lipinski definition) is 3. The molecular formula is C13H23N3O5. The van der Waals surface area contributed by atoms with Crippen LogP contribution in [-0.2, 0) is 14.3 Å². The summed E-state index contributed by atoms with van der Waals surface area (Å²) in [5, 5.41) is 11.0. The molecule has 21 heavy (non-hydrogen) atoms. The van der Waals surface area contributed by atoms with Gasteiger partial charge < -0.3 is 25.8 Å². The van der Waals surface area contributed by atoms with Gasteiger partial charge in [0.2, 0.25) is 5.91 Å². The van der Waals surface area contributed by atoms with Gasteiger partial charge in [0.25, 0.3) is 0 Å². The molecule has 0 aromatic rings. The number of aliphatic carboxylic acids is 1. The van der Waals surface area contributed by atoms with Gasteiger partial charge in [-0.3, -0.25) is 4.79 Å². The first-order chi connectivity index (χ1) is 9.81. The van der Waals surface area contributed by atoms with Crippen molar-refractivity contribution in [3.63, 3.8) is 0 Å². The van der Waals surface area contributed by atoms with Gasteiger partial charge in [-0.2, -0.15) is 0 Å². The molecule has 120 valence electrons. The van der Waals surface area contributed by atoms with Gasteiger partial charge in [-0.05, 0) is 18.8 Å². The van der Waals surface area contributed by atoms with Crippen LogP contribution in [0.15, 0.2) is 0 Å². The van der Waals surface area contributed by atoms with E-state index in [9.17, 15) is 14.4 Å². The van der Waals surface area contributed by atoms with Crippen LogP contribution in [0.5, 0.6) is 0 Å². The van der Waals surface area contributed by atoms with E-state index in [1.54, 1.807) is 4.90 Å². The molecule has 8 heteroatoms. The molecule has 1 aliphatic rings. The van der Waals surface area contributed by atoms with Crippen molar-refractivity contribution in [2.24, 2.45) is 11.7 Å². The van der Waals surface area contributed by atoms with Crippen molar-refractivity contribution in [2.75, 3.05) is 19.7 Å². The molecular weight excluding hydrogens is 278 g/mol. The maximum Gasteiger partial charge on any atom is 0.329 e. The van der Waals surface area contributed by atoms with Crippen LogP contribution >= 0.6 is 0 Å². The maximum atomic E-state index is 12.4. The number of piperidine rings is 1. The molecule has 0 aromatic carbocycles. The van der Waals surface area contributed by atoms with Crippen LogP contribution < -0.4 is 11.1 Å². The fraction of sp³-hybridized carbons (Fsp3) is 0.769. The number of ether oxygens (including phenoxy) is 1. The molecule has 1 unspecified atom stereocenters. The molecule has 1 fully saturated rings. The van der Waals surface area contributed by atoms with Crippen LogP contribution in [0.25, 0.3) is 0 Å². The van der Waals surface area contributed by atoms with E-state index in [0.29, 0.717) is 25.9 Å². The smallest absolute Gasteiger partial charge is 0.329 e. The van der Waals surface area contributed by atoms with Crippen molar-refractivity contribution in [1.29, 1.82) is 0 Å². The first-order valence-electron chi connectivity index (χ1n) is 6.99. The molecule has 0 saturated carbocycles. The molecule has 0 spiro atoms. The van der Waals surface area contributed by atoms with Crippen LogP contribution in [0.1, 0.15) is 26.7 Å². The highest BCUT2D eigenvalue weighted by Crippen LogP contribution is 2.16. The van der Waals surface area contributed by atoms with E-state index in [1.165, 1.54) is 0 Å². The molecule has 8 nitrogen and oxygen atoms in total. The van der Waals surface area contributed by atoms with E-state index in [2.05, 4.69) is 5.32 Å².